The number of hydrogen-bond donors (Lipinski definition) is 1. The van der Waals surface area contributed by atoms with Crippen LogP contribution >= 0.6 is 0 Å². The molecule has 0 fully saturated rings. The third-order valence-corrected chi connectivity index (χ3v) is 5.54. The second-order valence-electron chi connectivity index (χ2n) is 7.62. The number of fused-ring (bicyclic) bond motifs is 2. The fourth-order valence-corrected chi connectivity index (χ4v) is 3.83. The van der Waals surface area contributed by atoms with Crippen LogP contribution in [0, 0.1) is 0 Å². The molecule has 4 rings (SSSR count). The van der Waals surface area contributed by atoms with Crippen molar-refractivity contribution >= 4 is 34.8 Å². The van der Waals surface area contributed by atoms with Gasteiger partial charge in [0.2, 0.25) is 11.8 Å². The van der Waals surface area contributed by atoms with Gasteiger partial charge in [0.1, 0.15) is 0 Å². The number of para-hydroxylation sites is 1. The summed E-state index contributed by atoms with van der Waals surface area (Å²) in [6.45, 7) is 0. The predicted octanol–water partition coefficient (Wildman–Crippen LogP) is 4.23. The van der Waals surface area contributed by atoms with Crippen LogP contribution in [-0.4, -0.2) is 30.4 Å². The molecule has 0 saturated heterocycles. The van der Waals surface area contributed by atoms with Crippen LogP contribution in [0.2, 0.25) is 0 Å². The second kappa shape index (κ2) is 8.98. The molecular weight excluding hydrogens is 404 g/mol. The lowest BCUT2D eigenvalue weighted by molar-refractivity contribution is -0.118. The highest BCUT2D eigenvalue weighted by Crippen LogP contribution is 2.32. The van der Waals surface area contributed by atoms with E-state index in [1.165, 1.54) is 0 Å². The first-order chi connectivity index (χ1) is 15.5. The average Bonchev–Trinajstić information content (AvgIpc) is 2.82. The summed E-state index contributed by atoms with van der Waals surface area (Å²) in [6, 6.07) is 20.8. The summed E-state index contributed by atoms with van der Waals surface area (Å²) in [7, 11) is 1.70. The van der Waals surface area contributed by atoms with Gasteiger partial charge < -0.3 is 10.2 Å². The molecule has 0 atom stereocenters. The number of hydrogen-bond acceptors (Lipinski definition) is 4. The number of anilines is 2. The van der Waals surface area contributed by atoms with Crippen LogP contribution in [0.4, 0.5) is 11.4 Å². The van der Waals surface area contributed by atoms with Crippen molar-refractivity contribution in [2.45, 2.75) is 19.3 Å². The molecule has 32 heavy (non-hydrogen) atoms. The molecule has 160 valence electrons. The molecule has 6 nitrogen and oxygen atoms in total. The zero-order chi connectivity index (χ0) is 22.7. The van der Waals surface area contributed by atoms with Crippen molar-refractivity contribution in [1.29, 1.82) is 0 Å². The molecule has 6 heteroatoms. The quantitative estimate of drug-likeness (QED) is 0.500. The van der Waals surface area contributed by atoms with E-state index in [1.54, 1.807) is 54.4 Å². The van der Waals surface area contributed by atoms with Crippen molar-refractivity contribution in [2.75, 3.05) is 17.3 Å². The highest BCUT2D eigenvalue weighted by Gasteiger charge is 2.31. The van der Waals surface area contributed by atoms with Crippen molar-refractivity contribution in [2.24, 2.45) is 0 Å². The van der Waals surface area contributed by atoms with Gasteiger partial charge in [0.15, 0.2) is 11.6 Å². The fourth-order valence-electron chi connectivity index (χ4n) is 3.83. The zero-order valence-electron chi connectivity index (χ0n) is 17.6. The van der Waals surface area contributed by atoms with Crippen LogP contribution in [0.3, 0.4) is 0 Å². The van der Waals surface area contributed by atoms with Gasteiger partial charge in [-0.3, -0.25) is 19.2 Å². The Morgan fingerprint density at radius 3 is 2.09 bits per heavy atom. The number of rotatable bonds is 6. The maximum Gasteiger partial charge on any atom is 0.226 e. The number of nitrogens with one attached hydrogen (secondary N) is 1. The molecule has 0 aliphatic heterocycles. The Labute approximate surface area is 185 Å². The molecule has 1 N–H and O–H groups in total. The molecule has 2 amide bonds. The zero-order valence-corrected chi connectivity index (χ0v) is 17.6. The van der Waals surface area contributed by atoms with Gasteiger partial charge in [-0.1, -0.05) is 54.6 Å². The van der Waals surface area contributed by atoms with E-state index in [2.05, 4.69) is 5.32 Å². The number of carbonyl (C=O) groups excluding carboxylic acids is 4. The molecule has 0 aromatic heterocycles. The van der Waals surface area contributed by atoms with Crippen LogP contribution in [-0.2, 0) is 9.59 Å². The normalized spacial score (nSPS) is 12.0. The van der Waals surface area contributed by atoms with Gasteiger partial charge in [0, 0.05) is 42.3 Å². The molecule has 3 aromatic rings. The van der Waals surface area contributed by atoms with Gasteiger partial charge in [0.25, 0.3) is 0 Å². The maximum atomic E-state index is 13.0. The van der Waals surface area contributed by atoms with Crippen LogP contribution in [0.15, 0.2) is 72.8 Å². The molecule has 3 aromatic carbocycles. The van der Waals surface area contributed by atoms with Crippen LogP contribution in [0.1, 0.15) is 51.1 Å². The number of ketones is 2. The van der Waals surface area contributed by atoms with E-state index in [0.29, 0.717) is 23.2 Å². The molecule has 0 unspecified atom stereocenters. The molecule has 0 saturated carbocycles. The fraction of sp³-hybridized carbons (Fsp3) is 0.154. The summed E-state index contributed by atoms with van der Waals surface area (Å²) in [5, 5.41) is 2.75. The first-order valence-corrected chi connectivity index (χ1v) is 10.4. The molecule has 0 heterocycles. The molecule has 1 aliphatic carbocycles. The topological polar surface area (TPSA) is 83.6 Å². The summed E-state index contributed by atoms with van der Waals surface area (Å²) in [6.07, 6.45) is 0.708. The predicted molar refractivity (Wildman–Crippen MR) is 122 cm³/mol. The van der Waals surface area contributed by atoms with Crippen molar-refractivity contribution in [3.05, 3.63) is 95.1 Å². The second-order valence-corrected chi connectivity index (χ2v) is 7.62. The third-order valence-electron chi connectivity index (χ3n) is 5.54. The lowest BCUT2D eigenvalue weighted by atomic mass is 9.83. The third kappa shape index (κ3) is 4.07. The summed E-state index contributed by atoms with van der Waals surface area (Å²) >= 11 is 0. The van der Waals surface area contributed by atoms with Gasteiger partial charge in [-0.05, 0) is 24.6 Å². The van der Waals surface area contributed by atoms with E-state index >= 15 is 0 Å². The van der Waals surface area contributed by atoms with Crippen LogP contribution < -0.4 is 10.2 Å². The van der Waals surface area contributed by atoms with Crippen molar-refractivity contribution in [1.82, 2.24) is 0 Å². The molecule has 0 bridgehead atoms. The Hall–Kier alpha value is -4.06. The van der Waals surface area contributed by atoms with E-state index in [9.17, 15) is 19.2 Å². The number of benzene rings is 3. The Bertz CT molecular complexity index is 1220. The highest BCUT2D eigenvalue weighted by atomic mass is 16.2. The Balaban J connectivity index is 1.41. The van der Waals surface area contributed by atoms with Crippen molar-refractivity contribution in [3.63, 3.8) is 0 Å². The molecular formula is C26H22N2O4. The largest absolute Gasteiger partial charge is 0.325 e. The van der Waals surface area contributed by atoms with E-state index in [-0.39, 0.29) is 47.3 Å². The monoisotopic (exact) mass is 426 g/mol. The van der Waals surface area contributed by atoms with Gasteiger partial charge >= 0.3 is 0 Å². The smallest absolute Gasteiger partial charge is 0.226 e. The summed E-state index contributed by atoms with van der Waals surface area (Å²) < 4.78 is 0. The number of amides is 2. The number of nitrogens with zero attached hydrogens (tertiary/aromatic N) is 1. The SMILES string of the molecule is CN(C(=O)CCCC(=O)Nc1cccc2c1C(=O)c1ccccc1C2=O)c1ccccc1. The minimum atomic E-state index is -0.312. The average molecular weight is 426 g/mol. The molecule has 0 radical (unpaired) electrons. The summed E-state index contributed by atoms with van der Waals surface area (Å²) in [5.41, 5.74) is 2.31. The summed E-state index contributed by atoms with van der Waals surface area (Å²) in [5.74, 6) is -0.919. The van der Waals surface area contributed by atoms with E-state index in [1.807, 2.05) is 30.3 Å². The van der Waals surface area contributed by atoms with Crippen LogP contribution in [0.5, 0.6) is 0 Å². The van der Waals surface area contributed by atoms with E-state index in [0.717, 1.165) is 5.69 Å². The Morgan fingerprint density at radius 2 is 1.38 bits per heavy atom. The van der Waals surface area contributed by atoms with Gasteiger partial charge in [-0.25, -0.2) is 0 Å². The maximum absolute atomic E-state index is 13.0. The lowest BCUT2D eigenvalue weighted by Crippen LogP contribution is -2.26. The summed E-state index contributed by atoms with van der Waals surface area (Å²) in [4.78, 5) is 52.3. The molecule has 1 aliphatic rings. The van der Waals surface area contributed by atoms with E-state index in [4.69, 9.17) is 0 Å². The van der Waals surface area contributed by atoms with E-state index < -0.39 is 0 Å². The Kier molecular flexibility index (Phi) is 5.94. The van der Waals surface area contributed by atoms with Gasteiger partial charge in [0.05, 0.1) is 11.3 Å². The van der Waals surface area contributed by atoms with Gasteiger partial charge in [-0.15, -0.1) is 0 Å². The molecule has 0 spiro atoms. The standard InChI is InChI=1S/C26H22N2O4/c1-28(17-9-3-2-4-10-17)23(30)16-8-15-22(29)27-21-14-7-13-20-24(21)26(32)19-12-6-5-11-18(19)25(20)31/h2-7,9-14H,8,15-16H2,1H3,(H,27,29). The van der Waals surface area contributed by atoms with Crippen molar-refractivity contribution in [3.8, 4) is 0 Å². The minimum Gasteiger partial charge on any atom is -0.325 e. The number of carbonyl (C=O) groups is 4. The highest BCUT2D eigenvalue weighted by molar-refractivity contribution is 6.30. The Morgan fingerprint density at radius 1 is 0.750 bits per heavy atom. The lowest BCUT2D eigenvalue weighted by Gasteiger charge is -2.20. The minimum absolute atomic E-state index is 0.0847. The van der Waals surface area contributed by atoms with Crippen LogP contribution in [0.25, 0.3) is 0 Å². The van der Waals surface area contributed by atoms with Gasteiger partial charge in [-0.2, -0.15) is 0 Å². The van der Waals surface area contributed by atoms with Crippen molar-refractivity contribution < 1.29 is 19.2 Å². The first-order valence-electron chi connectivity index (χ1n) is 10.4. The first kappa shape index (κ1) is 21.2.